The van der Waals surface area contributed by atoms with Crippen molar-refractivity contribution in [3.63, 3.8) is 0 Å². The van der Waals surface area contributed by atoms with E-state index in [2.05, 4.69) is 65.8 Å². The minimum Gasteiger partial charge on any atom is -0.481 e. The normalized spacial score (nSPS) is 13.6. The predicted molar refractivity (Wildman–Crippen MR) is 112 cm³/mol. The first-order valence-electron chi connectivity index (χ1n) is 10.2. The summed E-state index contributed by atoms with van der Waals surface area (Å²) in [5, 5.41) is 8.82. The van der Waals surface area contributed by atoms with E-state index in [0.29, 0.717) is 16.6 Å². The number of hydrogen-bond donors (Lipinski definition) is 1. The Morgan fingerprint density at radius 1 is 0.923 bits per heavy atom. The van der Waals surface area contributed by atoms with Crippen molar-refractivity contribution >= 4 is 14.3 Å². The van der Waals surface area contributed by atoms with Gasteiger partial charge in [-0.25, -0.2) is 0 Å². The molecule has 148 valence electrons. The molecule has 0 aliphatic carbocycles. The molecule has 1 aromatic carbocycles. The van der Waals surface area contributed by atoms with Crippen LogP contribution in [0.25, 0.3) is 0 Å². The van der Waals surface area contributed by atoms with Crippen molar-refractivity contribution in [2.24, 2.45) is 0 Å². The fourth-order valence-electron chi connectivity index (χ4n) is 4.40. The van der Waals surface area contributed by atoms with Crippen molar-refractivity contribution in [3.05, 3.63) is 35.9 Å². The van der Waals surface area contributed by atoms with Gasteiger partial charge in [0.05, 0.1) is 6.10 Å². The molecule has 0 aromatic heterocycles. The first-order chi connectivity index (χ1) is 12.2. The van der Waals surface area contributed by atoms with Gasteiger partial charge in [0, 0.05) is 6.42 Å². The monoisotopic (exact) mass is 378 g/mol. The number of aliphatic carboxylic acids is 1. The van der Waals surface area contributed by atoms with Gasteiger partial charge in [-0.2, -0.15) is 0 Å². The highest BCUT2D eigenvalue weighted by atomic mass is 28.4. The van der Waals surface area contributed by atoms with Crippen molar-refractivity contribution < 1.29 is 14.3 Å². The Hall–Kier alpha value is -1.13. The van der Waals surface area contributed by atoms with Gasteiger partial charge < -0.3 is 9.53 Å². The van der Waals surface area contributed by atoms with Crippen LogP contribution in [0.2, 0.25) is 16.6 Å². The summed E-state index contributed by atoms with van der Waals surface area (Å²) in [5.74, 6) is -0.702. The van der Waals surface area contributed by atoms with E-state index in [4.69, 9.17) is 9.53 Å². The molecule has 0 aliphatic heterocycles. The number of carbonyl (C=O) groups is 1. The second-order valence-corrected chi connectivity index (χ2v) is 13.7. The quantitative estimate of drug-likeness (QED) is 0.316. The van der Waals surface area contributed by atoms with Crippen molar-refractivity contribution in [1.29, 1.82) is 0 Å². The maximum Gasteiger partial charge on any atom is 0.303 e. The number of benzene rings is 1. The van der Waals surface area contributed by atoms with Crippen LogP contribution in [-0.2, 0) is 9.22 Å². The molecule has 0 aliphatic rings. The third-order valence-electron chi connectivity index (χ3n) is 5.58. The van der Waals surface area contributed by atoms with Crippen LogP contribution in [0.4, 0.5) is 0 Å². The molecular weight excluding hydrogens is 340 g/mol. The summed E-state index contributed by atoms with van der Waals surface area (Å²) in [6.07, 6.45) is 4.03. The first-order valence-corrected chi connectivity index (χ1v) is 12.3. The molecule has 0 amide bonds. The van der Waals surface area contributed by atoms with E-state index in [-0.39, 0.29) is 12.5 Å². The second-order valence-electron chi connectivity index (χ2n) is 8.33. The van der Waals surface area contributed by atoms with Gasteiger partial charge in [-0.15, -0.1) is 0 Å². The molecule has 0 bridgehead atoms. The minimum atomic E-state index is -1.95. The van der Waals surface area contributed by atoms with Crippen molar-refractivity contribution in [1.82, 2.24) is 0 Å². The van der Waals surface area contributed by atoms with Crippen molar-refractivity contribution in [2.45, 2.75) is 96.4 Å². The summed E-state index contributed by atoms with van der Waals surface area (Å²) in [5.41, 5.74) is 2.92. The van der Waals surface area contributed by atoms with Gasteiger partial charge in [-0.05, 0) is 35.0 Å². The summed E-state index contributed by atoms with van der Waals surface area (Å²) < 4.78 is 7.06. The molecule has 0 saturated heterocycles. The molecule has 1 atom stereocenters. The lowest BCUT2D eigenvalue weighted by atomic mass is 10.0. The smallest absolute Gasteiger partial charge is 0.303 e. The zero-order chi connectivity index (χ0) is 19.7. The summed E-state index contributed by atoms with van der Waals surface area (Å²) in [7, 11) is -1.95. The summed E-state index contributed by atoms with van der Waals surface area (Å²) in [6, 6.07) is 10.6. The number of rotatable bonds is 12. The Labute approximate surface area is 161 Å². The van der Waals surface area contributed by atoms with E-state index in [1.807, 2.05) is 6.07 Å². The van der Waals surface area contributed by atoms with E-state index in [1.165, 1.54) is 5.56 Å². The first kappa shape index (κ1) is 22.9. The molecule has 26 heavy (non-hydrogen) atoms. The predicted octanol–water partition coefficient (Wildman–Crippen LogP) is 6.95. The van der Waals surface area contributed by atoms with E-state index in [0.717, 1.165) is 25.7 Å². The van der Waals surface area contributed by atoms with Crippen LogP contribution in [0, 0.1) is 0 Å². The standard InChI is InChI=1S/C22H38O3Si/c1-17(2)26(18(3)4,19(5)6)25-21(20-13-9-7-10-14-20)15-11-8-12-16-22(23)24/h7,9-10,13-14,17-19,21H,8,11-12,15-16H2,1-6H3,(H,23,24)/t21-/m1/s1. The molecule has 1 aromatic rings. The summed E-state index contributed by atoms with van der Waals surface area (Å²) >= 11 is 0. The molecule has 0 saturated carbocycles. The number of carboxylic acid groups (broad SMARTS) is 1. The minimum absolute atomic E-state index is 0.111. The Bertz CT molecular complexity index is 504. The van der Waals surface area contributed by atoms with Gasteiger partial charge in [0.15, 0.2) is 0 Å². The molecule has 0 fully saturated rings. The SMILES string of the molecule is CC(C)[Si](O[C@H](CCCCCC(=O)O)c1ccccc1)(C(C)C)C(C)C. The molecule has 1 N–H and O–H groups in total. The Morgan fingerprint density at radius 2 is 1.46 bits per heavy atom. The molecule has 4 heteroatoms. The van der Waals surface area contributed by atoms with Crippen molar-refractivity contribution in [2.75, 3.05) is 0 Å². The maximum absolute atomic E-state index is 10.7. The molecule has 0 heterocycles. The average molecular weight is 379 g/mol. The lowest BCUT2D eigenvalue weighted by molar-refractivity contribution is -0.137. The van der Waals surface area contributed by atoms with E-state index in [1.54, 1.807) is 0 Å². The van der Waals surface area contributed by atoms with Gasteiger partial charge in [0.25, 0.3) is 0 Å². The largest absolute Gasteiger partial charge is 0.481 e. The highest BCUT2D eigenvalue weighted by Crippen LogP contribution is 2.46. The second kappa shape index (κ2) is 10.9. The van der Waals surface area contributed by atoms with E-state index < -0.39 is 14.3 Å². The van der Waals surface area contributed by atoms with Crippen LogP contribution in [0.15, 0.2) is 30.3 Å². The highest BCUT2D eigenvalue weighted by Gasteiger charge is 2.46. The average Bonchev–Trinajstić information content (AvgIpc) is 2.56. The van der Waals surface area contributed by atoms with Gasteiger partial charge >= 0.3 is 5.97 Å². The van der Waals surface area contributed by atoms with Gasteiger partial charge in [-0.1, -0.05) is 84.7 Å². The molecule has 0 spiro atoms. The van der Waals surface area contributed by atoms with Crippen LogP contribution >= 0.6 is 0 Å². The molecule has 3 nitrogen and oxygen atoms in total. The van der Waals surface area contributed by atoms with E-state index in [9.17, 15) is 4.79 Å². The van der Waals surface area contributed by atoms with Gasteiger partial charge in [-0.3, -0.25) is 4.79 Å². The zero-order valence-electron chi connectivity index (χ0n) is 17.5. The van der Waals surface area contributed by atoms with Gasteiger partial charge in [0.2, 0.25) is 8.32 Å². The maximum atomic E-state index is 10.7. The zero-order valence-corrected chi connectivity index (χ0v) is 18.5. The molecule has 0 radical (unpaired) electrons. The Kier molecular flexibility index (Phi) is 9.59. The van der Waals surface area contributed by atoms with Crippen LogP contribution in [0.5, 0.6) is 0 Å². The summed E-state index contributed by atoms with van der Waals surface area (Å²) in [6.45, 7) is 13.9. The van der Waals surface area contributed by atoms with E-state index >= 15 is 0 Å². The lowest BCUT2D eigenvalue weighted by Gasteiger charge is -2.45. The van der Waals surface area contributed by atoms with Crippen LogP contribution in [0.3, 0.4) is 0 Å². The van der Waals surface area contributed by atoms with Crippen LogP contribution < -0.4 is 0 Å². The Balaban J connectivity index is 2.95. The van der Waals surface area contributed by atoms with Crippen LogP contribution in [0.1, 0.15) is 85.3 Å². The number of unbranched alkanes of at least 4 members (excludes halogenated alkanes) is 2. The number of carboxylic acids is 1. The summed E-state index contributed by atoms with van der Waals surface area (Å²) in [4.78, 5) is 10.7. The fraction of sp³-hybridized carbons (Fsp3) is 0.682. The van der Waals surface area contributed by atoms with Crippen molar-refractivity contribution in [3.8, 4) is 0 Å². The highest BCUT2D eigenvalue weighted by molar-refractivity contribution is 6.77. The third-order valence-corrected chi connectivity index (χ3v) is 11.7. The van der Waals surface area contributed by atoms with Crippen LogP contribution in [-0.4, -0.2) is 19.4 Å². The number of hydrogen-bond acceptors (Lipinski definition) is 2. The van der Waals surface area contributed by atoms with Gasteiger partial charge in [0.1, 0.15) is 0 Å². The molecular formula is C22H38O3Si. The molecule has 0 unspecified atom stereocenters. The topological polar surface area (TPSA) is 46.5 Å². The molecule has 1 rings (SSSR count). The third kappa shape index (κ3) is 6.24. The Morgan fingerprint density at radius 3 is 1.92 bits per heavy atom. The fourth-order valence-corrected chi connectivity index (χ4v) is 9.96. The lowest BCUT2D eigenvalue weighted by Crippen LogP contribution is -2.48.